The SMILES string of the molecule is CC1CC(C)C12CCCC2O. The smallest absolute Gasteiger partial charge is 0.0601 e. The summed E-state index contributed by atoms with van der Waals surface area (Å²) in [7, 11) is 0. The van der Waals surface area contributed by atoms with Crippen LogP contribution in [0.2, 0.25) is 0 Å². The Kier molecular flexibility index (Phi) is 1.54. The van der Waals surface area contributed by atoms with Crippen LogP contribution in [-0.4, -0.2) is 11.2 Å². The Morgan fingerprint density at radius 3 is 2.18 bits per heavy atom. The third-order valence-electron chi connectivity index (χ3n) is 4.25. The van der Waals surface area contributed by atoms with Crippen molar-refractivity contribution in [2.24, 2.45) is 17.3 Å². The van der Waals surface area contributed by atoms with E-state index in [1.165, 1.54) is 19.3 Å². The van der Waals surface area contributed by atoms with Gasteiger partial charge in [-0.2, -0.15) is 0 Å². The highest BCUT2D eigenvalue weighted by atomic mass is 16.3. The minimum absolute atomic E-state index is 0.0150. The molecule has 3 unspecified atom stereocenters. The second-order valence-electron chi connectivity index (χ2n) is 4.56. The van der Waals surface area contributed by atoms with Gasteiger partial charge in [-0.1, -0.05) is 20.3 Å². The monoisotopic (exact) mass is 154 g/mol. The number of aliphatic hydroxyl groups excluding tert-OH is 1. The Morgan fingerprint density at radius 1 is 1.27 bits per heavy atom. The Balaban J connectivity index is 2.19. The molecule has 2 rings (SSSR count). The molecule has 0 aliphatic heterocycles. The van der Waals surface area contributed by atoms with Crippen molar-refractivity contribution in [2.45, 2.75) is 45.6 Å². The summed E-state index contributed by atoms with van der Waals surface area (Å²) in [6.45, 7) is 4.60. The van der Waals surface area contributed by atoms with Gasteiger partial charge in [-0.05, 0) is 31.1 Å². The zero-order valence-electron chi connectivity index (χ0n) is 7.51. The van der Waals surface area contributed by atoms with Gasteiger partial charge in [0.05, 0.1) is 6.10 Å². The first-order valence-electron chi connectivity index (χ1n) is 4.86. The second-order valence-corrected chi connectivity index (χ2v) is 4.56. The summed E-state index contributed by atoms with van der Waals surface area (Å²) in [5.74, 6) is 1.55. The molecule has 2 aliphatic carbocycles. The van der Waals surface area contributed by atoms with E-state index in [9.17, 15) is 5.11 Å². The quantitative estimate of drug-likeness (QED) is 0.567. The van der Waals surface area contributed by atoms with E-state index in [2.05, 4.69) is 13.8 Å². The maximum absolute atomic E-state index is 9.84. The number of hydrogen-bond donors (Lipinski definition) is 1. The lowest BCUT2D eigenvalue weighted by molar-refractivity contribution is -0.109. The first-order valence-corrected chi connectivity index (χ1v) is 4.86. The van der Waals surface area contributed by atoms with Gasteiger partial charge in [0.1, 0.15) is 0 Å². The molecule has 0 aromatic carbocycles. The number of aliphatic hydroxyl groups is 1. The summed E-state index contributed by atoms with van der Waals surface area (Å²) >= 11 is 0. The molecule has 1 N–H and O–H groups in total. The average molecular weight is 154 g/mol. The van der Waals surface area contributed by atoms with Crippen LogP contribution in [0.5, 0.6) is 0 Å². The van der Waals surface area contributed by atoms with E-state index in [-0.39, 0.29) is 6.10 Å². The Bertz CT molecular complexity index is 156. The fraction of sp³-hybridized carbons (Fsp3) is 1.00. The van der Waals surface area contributed by atoms with E-state index in [4.69, 9.17) is 0 Å². The lowest BCUT2D eigenvalue weighted by Crippen LogP contribution is -2.51. The molecule has 0 bridgehead atoms. The largest absolute Gasteiger partial charge is 0.393 e. The Labute approximate surface area is 68.8 Å². The van der Waals surface area contributed by atoms with Crippen molar-refractivity contribution in [3.63, 3.8) is 0 Å². The molecule has 2 fully saturated rings. The molecule has 1 nitrogen and oxygen atoms in total. The van der Waals surface area contributed by atoms with Crippen molar-refractivity contribution in [2.75, 3.05) is 0 Å². The standard InChI is InChI=1S/C10H18O/c1-7-6-8(2)10(7)5-3-4-9(10)11/h7-9,11H,3-6H2,1-2H3. The van der Waals surface area contributed by atoms with Crippen LogP contribution in [0.25, 0.3) is 0 Å². The third-order valence-corrected chi connectivity index (χ3v) is 4.25. The highest BCUT2D eigenvalue weighted by Crippen LogP contribution is 2.60. The van der Waals surface area contributed by atoms with E-state index in [0.29, 0.717) is 5.41 Å². The van der Waals surface area contributed by atoms with Gasteiger partial charge >= 0.3 is 0 Å². The van der Waals surface area contributed by atoms with Crippen LogP contribution in [-0.2, 0) is 0 Å². The molecular formula is C10H18O. The van der Waals surface area contributed by atoms with Gasteiger partial charge < -0.3 is 5.11 Å². The van der Waals surface area contributed by atoms with E-state index < -0.39 is 0 Å². The van der Waals surface area contributed by atoms with Crippen molar-refractivity contribution >= 4 is 0 Å². The number of rotatable bonds is 0. The lowest BCUT2D eigenvalue weighted by atomic mass is 9.52. The topological polar surface area (TPSA) is 20.2 Å². The van der Waals surface area contributed by atoms with Crippen molar-refractivity contribution in [3.05, 3.63) is 0 Å². The van der Waals surface area contributed by atoms with Crippen LogP contribution in [0, 0.1) is 17.3 Å². The minimum atomic E-state index is 0.0150. The molecule has 0 amide bonds. The van der Waals surface area contributed by atoms with Gasteiger partial charge in [0.25, 0.3) is 0 Å². The molecule has 1 heteroatoms. The maximum atomic E-state index is 9.84. The van der Waals surface area contributed by atoms with E-state index >= 15 is 0 Å². The van der Waals surface area contributed by atoms with Crippen LogP contribution in [0.15, 0.2) is 0 Å². The van der Waals surface area contributed by atoms with Crippen LogP contribution < -0.4 is 0 Å². The van der Waals surface area contributed by atoms with Crippen LogP contribution >= 0.6 is 0 Å². The number of hydrogen-bond acceptors (Lipinski definition) is 1. The lowest BCUT2D eigenvalue weighted by Gasteiger charge is -2.54. The van der Waals surface area contributed by atoms with Gasteiger partial charge in [0, 0.05) is 5.41 Å². The predicted octanol–water partition coefficient (Wildman–Crippen LogP) is 2.19. The molecule has 11 heavy (non-hydrogen) atoms. The van der Waals surface area contributed by atoms with E-state index in [0.717, 1.165) is 18.3 Å². The van der Waals surface area contributed by atoms with Gasteiger partial charge in [-0.15, -0.1) is 0 Å². The summed E-state index contributed by atoms with van der Waals surface area (Å²) in [5, 5.41) is 9.84. The molecular weight excluding hydrogens is 136 g/mol. The van der Waals surface area contributed by atoms with E-state index in [1.54, 1.807) is 0 Å². The van der Waals surface area contributed by atoms with Crippen LogP contribution in [0.3, 0.4) is 0 Å². The van der Waals surface area contributed by atoms with Crippen molar-refractivity contribution in [3.8, 4) is 0 Å². The summed E-state index contributed by atoms with van der Waals surface area (Å²) in [4.78, 5) is 0. The van der Waals surface area contributed by atoms with Crippen LogP contribution in [0.4, 0.5) is 0 Å². The molecule has 1 spiro atoms. The first-order chi connectivity index (χ1) is 5.18. The average Bonchev–Trinajstić information content (AvgIpc) is 2.34. The minimum Gasteiger partial charge on any atom is -0.393 e. The molecule has 2 saturated carbocycles. The zero-order valence-corrected chi connectivity index (χ0v) is 7.51. The highest BCUT2D eigenvalue weighted by Gasteiger charge is 2.56. The molecule has 0 aromatic rings. The van der Waals surface area contributed by atoms with Crippen molar-refractivity contribution in [1.82, 2.24) is 0 Å². The molecule has 64 valence electrons. The molecule has 2 aliphatic rings. The summed E-state index contributed by atoms with van der Waals surface area (Å²) < 4.78 is 0. The summed E-state index contributed by atoms with van der Waals surface area (Å²) in [6, 6.07) is 0. The fourth-order valence-electron chi connectivity index (χ4n) is 3.48. The van der Waals surface area contributed by atoms with Gasteiger partial charge in [0.15, 0.2) is 0 Å². The summed E-state index contributed by atoms with van der Waals surface area (Å²) in [6.07, 6.45) is 4.92. The van der Waals surface area contributed by atoms with Gasteiger partial charge in [0.2, 0.25) is 0 Å². The second kappa shape index (κ2) is 2.22. The van der Waals surface area contributed by atoms with Crippen molar-refractivity contribution < 1.29 is 5.11 Å². The molecule has 0 heterocycles. The van der Waals surface area contributed by atoms with Crippen LogP contribution in [0.1, 0.15) is 39.5 Å². The fourth-order valence-corrected chi connectivity index (χ4v) is 3.48. The van der Waals surface area contributed by atoms with E-state index in [1.807, 2.05) is 0 Å². The Hall–Kier alpha value is -0.0400. The van der Waals surface area contributed by atoms with Gasteiger partial charge in [-0.25, -0.2) is 0 Å². The van der Waals surface area contributed by atoms with Crippen molar-refractivity contribution in [1.29, 1.82) is 0 Å². The molecule has 0 saturated heterocycles. The Morgan fingerprint density at radius 2 is 1.91 bits per heavy atom. The normalized spacial score (nSPS) is 56.5. The summed E-state index contributed by atoms with van der Waals surface area (Å²) in [5.41, 5.74) is 0.347. The predicted molar refractivity (Wildman–Crippen MR) is 45.2 cm³/mol. The van der Waals surface area contributed by atoms with Gasteiger partial charge in [-0.3, -0.25) is 0 Å². The maximum Gasteiger partial charge on any atom is 0.0601 e. The molecule has 0 aromatic heterocycles. The first kappa shape index (κ1) is 7.60. The highest BCUT2D eigenvalue weighted by molar-refractivity contribution is 5.05. The third kappa shape index (κ3) is 0.752. The zero-order chi connectivity index (χ0) is 8.06. The molecule has 3 atom stereocenters. The molecule has 0 radical (unpaired) electrons.